The number of rotatable bonds is 3. The first-order valence-corrected chi connectivity index (χ1v) is 8.07. The van der Waals surface area contributed by atoms with Gasteiger partial charge in [-0.3, -0.25) is 0 Å². The first-order valence-electron chi connectivity index (χ1n) is 8.07. The van der Waals surface area contributed by atoms with Gasteiger partial charge in [0.15, 0.2) is 11.6 Å². The molecule has 1 fully saturated rings. The number of halogens is 2. The maximum Gasteiger partial charge on any atom is 0.223 e. The van der Waals surface area contributed by atoms with E-state index in [9.17, 15) is 8.78 Å². The average molecular weight is 333 g/mol. The summed E-state index contributed by atoms with van der Waals surface area (Å²) < 4.78 is 27.5. The smallest absolute Gasteiger partial charge is 0.223 e. The SMILES string of the molecule is C=CCC1c2cc(F)c(F)cc2N=C(N2CCNCC2)N1/N=C\C. The van der Waals surface area contributed by atoms with Gasteiger partial charge in [0.25, 0.3) is 0 Å². The van der Waals surface area contributed by atoms with Gasteiger partial charge in [0, 0.05) is 44.0 Å². The van der Waals surface area contributed by atoms with Crippen LogP contribution in [0.15, 0.2) is 34.9 Å². The van der Waals surface area contributed by atoms with Gasteiger partial charge in [0.05, 0.1) is 11.7 Å². The second kappa shape index (κ2) is 7.09. The van der Waals surface area contributed by atoms with Crippen molar-refractivity contribution >= 4 is 17.9 Å². The molecule has 2 heterocycles. The van der Waals surface area contributed by atoms with Gasteiger partial charge in [-0.15, -0.1) is 6.58 Å². The molecule has 0 aliphatic carbocycles. The molecule has 2 aliphatic heterocycles. The summed E-state index contributed by atoms with van der Waals surface area (Å²) in [5.74, 6) is -1.09. The second-order valence-corrected chi connectivity index (χ2v) is 5.73. The monoisotopic (exact) mass is 333 g/mol. The van der Waals surface area contributed by atoms with Crippen LogP contribution in [0, 0.1) is 11.6 Å². The third-order valence-corrected chi connectivity index (χ3v) is 4.18. The molecule has 24 heavy (non-hydrogen) atoms. The molecule has 3 rings (SSSR count). The lowest BCUT2D eigenvalue weighted by Gasteiger charge is -2.40. The van der Waals surface area contributed by atoms with Gasteiger partial charge in [-0.25, -0.2) is 18.8 Å². The van der Waals surface area contributed by atoms with Crippen LogP contribution in [-0.4, -0.2) is 48.3 Å². The zero-order chi connectivity index (χ0) is 17.1. The molecule has 2 aliphatic rings. The molecule has 1 unspecified atom stereocenters. The zero-order valence-corrected chi connectivity index (χ0v) is 13.7. The molecule has 1 atom stereocenters. The van der Waals surface area contributed by atoms with Crippen LogP contribution in [0.1, 0.15) is 24.9 Å². The van der Waals surface area contributed by atoms with Crippen molar-refractivity contribution in [1.29, 1.82) is 0 Å². The quantitative estimate of drug-likeness (QED) is 0.683. The Morgan fingerprint density at radius 3 is 2.71 bits per heavy atom. The summed E-state index contributed by atoms with van der Waals surface area (Å²) in [6, 6.07) is 2.12. The zero-order valence-electron chi connectivity index (χ0n) is 13.7. The molecular weight excluding hydrogens is 312 g/mol. The first kappa shape index (κ1) is 16.6. The molecule has 0 radical (unpaired) electrons. The Hall–Kier alpha value is -2.28. The summed E-state index contributed by atoms with van der Waals surface area (Å²) >= 11 is 0. The van der Waals surface area contributed by atoms with E-state index in [1.807, 2.05) is 6.92 Å². The Kier molecular flexibility index (Phi) is 4.89. The van der Waals surface area contributed by atoms with Gasteiger partial charge in [-0.2, -0.15) is 5.10 Å². The summed E-state index contributed by atoms with van der Waals surface area (Å²) in [6.45, 7) is 8.88. The van der Waals surface area contributed by atoms with E-state index in [1.54, 1.807) is 17.3 Å². The summed E-state index contributed by atoms with van der Waals surface area (Å²) in [4.78, 5) is 6.70. The number of nitrogens with one attached hydrogen (secondary N) is 1. The van der Waals surface area contributed by atoms with Gasteiger partial charge in [0.2, 0.25) is 5.96 Å². The molecule has 1 aromatic rings. The van der Waals surface area contributed by atoms with Crippen LogP contribution in [-0.2, 0) is 0 Å². The van der Waals surface area contributed by atoms with Gasteiger partial charge in [-0.1, -0.05) is 6.08 Å². The van der Waals surface area contributed by atoms with Crippen molar-refractivity contribution in [2.45, 2.75) is 19.4 Å². The molecule has 5 nitrogen and oxygen atoms in total. The minimum atomic E-state index is -0.887. The number of guanidine groups is 1. The minimum absolute atomic E-state index is 0.258. The van der Waals surface area contributed by atoms with E-state index < -0.39 is 11.6 Å². The molecule has 0 spiro atoms. The Balaban J connectivity index is 2.11. The molecular formula is C17H21F2N5. The Bertz CT molecular complexity index is 680. The number of hydrazone groups is 1. The van der Waals surface area contributed by atoms with E-state index in [2.05, 4.69) is 26.9 Å². The third kappa shape index (κ3) is 3.03. The van der Waals surface area contributed by atoms with Crippen molar-refractivity contribution in [2.24, 2.45) is 10.1 Å². The fraction of sp³-hybridized carbons (Fsp3) is 0.412. The fourth-order valence-electron chi connectivity index (χ4n) is 3.07. The van der Waals surface area contributed by atoms with E-state index >= 15 is 0 Å². The van der Waals surface area contributed by atoms with Crippen molar-refractivity contribution in [1.82, 2.24) is 15.2 Å². The van der Waals surface area contributed by atoms with Crippen LogP contribution in [0.3, 0.4) is 0 Å². The highest BCUT2D eigenvalue weighted by atomic mass is 19.2. The van der Waals surface area contributed by atoms with Crippen LogP contribution >= 0.6 is 0 Å². The fourth-order valence-corrected chi connectivity index (χ4v) is 3.07. The molecule has 0 amide bonds. The maximum absolute atomic E-state index is 13.8. The number of aliphatic imine (C=N–C) groups is 1. The summed E-state index contributed by atoms with van der Waals surface area (Å²) in [7, 11) is 0. The van der Waals surface area contributed by atoms with Gasteiger partial charge in [0.1, 0.15) is 0 Å². The highest BCUT2D eigenvalue weighted by molar-refractivity contribution is 5.86. The number of hydrogen-bond donors (Lipinski definition) is 1. The largest absolute Gasteiger partial charge is 0.338 e. The highest BCUT2D eigenvalue weighted by Crippen LogP contribution is 2.39. The summed E-state index contributed by atoms with van der Waals surface area (Å²) in [6.07, 6.45) is 3.99. The molecule has 0 bridgehead atoms. The van der Waals surface area contributed by atoms with Crippen LogP contribution < -0.4 is 5.32 Å². The van der Waals surface area contributed by atoms with Crippen molar-refractivity contribution in [3.8, 4) is 0 Å². The van der Waals surface area contributed by atoms with E-state index in [-0.39, 0.29) is 6.04 Å². The van der Waals surface area contributed by atoms with E-state index in [4.69, 9.17) is 0 Å². The van der Waals surface area contributed by atoms with Crippen molar-refractivity contribution in [2.75, 3.05) is 26.2 Å². The third-order valence-electron chi connectivity index (χ3n) is 4.18. The first-order chi connectivity index (χ1) is 11.7. The van der Waals surface area contributed by atoms with E-state index in [0.29, 0.717) is 23.6 Å². The van der Waals surface area contributed by atoms with Gasteiger partial charge in [-0.05, 0) is 19.4 Å². The van der Waals surface area contributed by atoms with E-state index in [0.717, 1.165) is 32.2 Å². The lowest BCUT2D eigenvalue weighted by molar-refractivity contribution is 0.249. The Morgan fingerprint density at radius 2 is 2.04 bits per heavy atom. The number of benzene rings is 1. The van der Waals surface area contributed by atoms with Crippen molar-refractivity contribution in [3.05, 3.63) is 42.0 Å². The predicted octanol–water partition coefficient (Wildman–Crippen LogP) is 2.80. The lowest BCUT2D eigenvalue weighted by atomic mass is 9.99. The summed E-state index contributed by atoms with van der Waals surface area (Å²) in [5, 5.41) is 9.52. The topological polar surface area (TPSA) is 43.2 Å². The molecule has 0 aromatic heterocycles. The molecule has 1 aromatic carbocycles. The van der Waals surface area contributed by atoms with E-state index in [1.165, 1.54) is 6.07 Å². The lowest BCUT2D eigenvalue weighted by Crippen LogP contribution is -2.52. The normalized spacial score (nSPS) is 21.0. The highest BCUT2D eigenvalue weighted by Gasteiger charge is 2.33. The molecule has 128 valence electrons. The van der Waals surface area contributed by atoms with Crippen LogP contribution in [0.25, 0.3) is 0 Å². The van der Waals surface area contributed by atoms with Gasteiger partial charge >= 0.3 is 0 Å². The number of fused-ring (bicyclic) bond motifs is 1. The number of nitrogens with zero attached hydrogens (tertiary/aromatic N) is 4. The standard InChI is InChI=1S/C17H21F2N5/c1-3-5-16-12-10-13(18)14(19)11-15(12)22-17(24(16)21-4-2)23-8-6-20-7-9-23/h3-4,10-11,16,20H,1,5-9H2,2H3/b21-4-. The number of piperazine rings is 1. The molecule has 7 heteroatoms. The Morgan fingerprint density at radius 1 is 1.33 bits per heavy atom. The minimum Gasteiger partial charge on any atom is -0.338 e. The van der Waals surface area contributed by atoms with Crippen LogP contribution in [0.5, 0.6) is 0 Å². The predicted molar refractivity (Wildman–Crippen MR) is 91.5 cm³/mol. The van der Waals surface area contributed by atoms with Crippen LogP contribution in [0.2, 0.25) is 0 Å². The van der Waals surface area contributed by atoms with Gasteiger partial charge < -0.3 is 10.2 Å². The maximum atomic E-state index is 13.8. The second-order valence-electron chi connectivity index (χ2n) is 5.73. The Labute approximate surface area is 140 Å². The molecule has 1 N–H and O–H groups in total. The molecule has 1 saturated heterocycles. The number of hydrogen-bond acceptors (Lipinski definition) is 5. The van der Waals surface area contributed by atoms with Crippen molar-refractivity contribution < 1.29 is 8.78 Å². The van der Waals surface area contributed by atoms with Crippen molar-refractivity contribution in [3.63, 3.8) is 0 Å². The molecule has 0 saturated carbocycles. The summed E-state index contributed by atoms with van der Waals surface area (Å²) in [5.41, 5.74) is 1.08. The average Bonchev–Trinajstić information content (AvgIpc) is 2.59. The van der Waals surface area contributed by atoms with Crippen LogP contribution in [0.4, 0.5) is 14.5 Å².